The van der Waals surface area contributed by atoms with Gasteiger partial charge in [0.1, 0.15) is 11.5 Å². The van der Waals surface area contributed by atoms with Gasteiger partial charge in [-0.15, -0.1) is 0 Å². The van der Waals surface area contributed by atoms with Gasteiger partial charge >= 0.3 is 0 Å². The number of fused-ring (bicyclic) bond motifs is 5. The van der Waals surface area contributed by atoms with Gasteiger partial charge in [-0.2, -0.15) is 10.1 Å². The highest BCUT2D eigenvalue weighted by atomic mass is 16.6. The van der Waals surface area contributed by atoms with Crippen molar-refractivity contribution in [2.75, 3.05) is 0 Å². The molecule has 2 amide bonds. The molecule has 2 aromatic rings. The molecule has 5 rings (SSSR count). The predicted molar refractivity (Wildman–Crippen MR) is 103 cm³/mol. The van der Waals surface area contributed by atoms with Crippen LogP contribution >= 0.6 is 0 Å². The molecule has 1 aliphatic heterocycles. The van der Waals surface area contributed by atoms with Gasteiger partial charge in [-0.05, 0) is 48.9 Å². The third kappa shape index (κ3) is 2.63. The van der Waals surface area contributed by atoms with E-state index in [-0.39, 0.29) is 41.2 Å². The standard InChI is InChI=1S/C21H17N3O5/c1-11-2-6-15(16(8-11)24(27)28)17-7-5-14(29-17)10-22-23-20(25)18-12-3-4-13(9-12)19(18)21(23)26/h2-8,10,12-13,18-19H,9H2,1H3/b22-10-/t12-,13+,18-,19-/m0/s1. The normalized spacial score (nSPS) is 27.4. The molecule has 0 spiro atoms. The smallest absolute Gasteiger partial charge is 0.280 e. The van der Waals surface area contributed by atoms with Crippen LogP contribution in [0, 0.1) is 40.7 Å². The van der Waals surface area contributed by atoms with E-state index in [2.05, 4.69) is 5.10 Å². The second kappa shape index (κ2) is 6.23. The first-order valence-electron chi connectivity index (χ1n) is 9.39. The number of nitro benzene ring substituents is 1. The van der Waals surface area contributed by atoms with Crippen molar-refractivity contribution in [3.05, 3.63) is 63.9 Å². The van der Waals surface area contributed by atoms with Crippen molar-refractivity contribution >= 4 is 23.7 Å². The molecule has 29 heavy (non-hydrogen) atoms. The van der Waals surface area contributed by atoms with Crippen molar-refractivity contribution in [1.29, 1.82) is 0 Å². The van der Waals surface area contributed by atoms with Crippen LogP contribution in [0.1, 0.15) is 17.7 Å². The van der Waals surface area contributed by atoms with Crippen molar-refractivity contribution in [3.8, 4) is 11.3 Å². The maximum Gasteiger partial charge on any atom is 0.280 e. The highest BCUT2D eigenvalue weighted by Crippen LogP contribution is 2.52. The number of nitro groups is 1. The summed E-state index contributed by atoms with van der Waals surface area (Å²) in [4.78, 5) is 36.2. The van der Waals surface area contributed by atoms with Crippen molar-refractivity contribution in [2.45, 2.75) is 13.3 Å². The molecular formula is C21H17N3O5. The quantitative estimate of drug-likeness (QED) is 0.261. The molecule has 1 saturated carbocycles. The molecule has 2 bridgehead atoms. The summed E-state index contributed by atoms with van der Waals surface area (Å²) in [5.41, 5.74) is 1.07. The van der Waals surface area contributed by atoms with Crippen LogP contribution in [0.2, 0.25) is 0 Å². The lowest BCUT2D eigenvalue weighted by molar-refractivity contribution is -0.384. The van der Waals surface area contributed by atoms with E-state index < -0.39 is 4.92 Å². The topological polar surface area (TPSA) is 106 Å². The lowest BCUT2D eigenvalue weighted by Crippen LogP contribution is -2.28. The number of aryl methyl sites for hydroxylation is 1. The molecule has 3 aliphatic rings. The van der Waals surface area contributed by atoms with E-state index in [1.54, 1.807) is 31.2 Å². The third-order valence-electron chi connectivity index (χ3n) is 5.99. The molecule has 8 heteroatoms. The molecule has 0 radical (unpaired) electrons. The van der Waals surface area contributed by atoms with E-state index in [0.29, 0.717) is 17.1 Å². The Morgan fingerprint density at radius 1 is 1.14 bits per heavy atom. The van der Waals surface area contributed by atoms with Crippen molar-refractivity contribution in [2.24, 2.45) is 28.8 Å². The van der Waals surface area contributed by atoms with Gasteiger partial charge in [-0.3, -0.25) is 19.7 Å². The molecule has 1 aromatic carbocycles. The molecule has 2 heterocycles. The Bertz CT molecular complexity index is 1090. The summed E-state index contributed by atoms with van der Waals surface area (Å²) in [5.74, 6) is -0.292. The Kier molecular flexibility index (Phi) is 3.77. The van der Waals surface area contributed by atoms with Crippen LogP contribution in [0.15, 0.2) is 52.0 Å². The van der Waals surface area contributed by atoms with Gasteiger partial charge in [-0.1, -0.05) is 18.2 Å². The zero-order chi connectivity index (χ0) is 20.3. The number of amides is 2. The van der Waals surface area contributed by atoms with E-state index in [4.69, 9.17) is 4.42 Å². The number of hydrazone groups is 1. The first-order chi connectivity index (χ1) is 13.9. The number of carbonyl (C=O) groups is 2. The number of benzene rings is 1. The average molecular weight is 391 g/mol. The van der Waals surface area contributed by atoms with Crippen LogP contribution in [0.25, 0.3) is 11.3 Å². The van der Waals surface area contributed by atoms with Crippen LogP contribution in [0.4, 0.5) is 5.69 Å². The van der Waals surface area contributed by atoms with Gasteiger partial charge in [0.05, 0.1) is 28.5 Å². The SMILES string of the molecule is Cc1ccc(-c2ccc(/C=N\N3C(=O)[C@@H]4[C@@H](C3=O)[C@H]3C=C[C@@H]4C3)o2)c([N+](=O)[O-])c1. The maximum absolute atomic E-state index is 12.6. The molecule has 2 aliphatic carbocycles. The average Bonchev–Trinajstić information content (AvgIpc) is 3.46. The van der Waals surface area contributed by atoms with Crippen LogP contribution in [0.3, 0.4) is 0 Å². The van der Waals surface area contributed by atoms with Gasteiger partial charge < -0.3 is 4.42 Å². The number of carbonyl (C=O) groups excluding carboxylic acids is 2. The summed E-state index contributed by atoms with van der Waals surface area (Å²) in [6.45, 7) is 1.78. The number of hydrogen-bond donors (Lipinski definition) is 0. The summed E-state index contributed by atoms with van der Waals surface area (Å²) < 4.78 is 5.66. The molecule has 0 unspecified atom stereocenters. The van der Waals surface area contributed by atoms with Gasteiger partial charge in [0.2, 0.25) is 0 Å². The lowest BCUT2D eigenvalue weighted by atomic mass is 9.85. The van der Waals surface area contributed by atoms with Crippen molar-refractivity contribution < 1.29 is 18.9 Å². The molecule has 8 nitrogen and oxygen atoms in total. The number of hydrogen-bond acceptors (Lipinski definition) is 6. The highest BCUT2D eigenvalue weighted by Gasteiger charge is 2.59. The van der Waals surface area contributed by atoms with Crippen LogP contribution in [-0.2, 0) is 9.59 Å². The summed E-state index contributed by atoms with van der Waals surface area (Å²) in [7, 11) is 0. The fourth-order valence-electron chi connectivity index (χ4n) is 4.68. The monoisotopic (exact) mass is 391 g/mol. The maximum atomic E-state index is 12.6. The van der Waals surface area contributed by atoms with Gasteiger partial charge in [0.25, 0.3) is 17.5 Å². The van der Waals surface area contributed by atoms with E-state index in [9.17, 15) is 19.7 Å². The number of nitrogens with zero attached hydrogens (tertiary/aromatic N) is 3. The molecular weight excluding hydrogens is 374 g/mol. The number of furan rings is 1. The molecule has 2 fully saturated rings. The van der Waals surface area contributed by atoms with E-state index >= 15 is 0 Å². The van der Waals surface area contributed by atoms with Gasteiger partial charge in [-0.25, -0.2) is 0 Å². The Hall–Kier alpha value is -3.55. The third-order valence-corrected chi connectivity index (χ3v) is 5.99. The summed E-state index contributed by atoms with van der Waals surface area (Å²) in [6, 6.07) is 8.07. The lowest BCUT2D eigenvalue weighted by Gasteiger charge is -2.13. The van der Waals surface area contributed by atoms with Crippen LogP contribution in [0.5, 0.6) is 0 Å². The molecule has 1 saturated heterocycles. The highest BCUT2D eigenvalue weighted by molar-refractivity contribution is 6.06. The number of allylic oxidation sites excluding steroid dienone is 2. The zero-order valence-corrected chi connectivity index (χ0v) is 15.5. The zero-order valence-electron chi connectivity index (χ0n) is 15.5. The minimum atomic E-state index is -0.457. The molecule has 146 valence electrons. The fraction of sp³-hybridized carbons (Fsp3) is 0.286. The predicted octanol–water partition coefficient (Wildman–Crippen LogP) is 3.30. The van der Waals surface area contributed by atoms with Gasteiger partial charge in [0.15, 0.2) is 0 Å². The minimum Gasteiger partial charge on any atom is -0.455 e. The summed E-state index contributed by atoms with van der Waals surface area (Å²) in [5, 5.41) is 16.3. The van der Waals surface area contributed by atoms with Crippen molar-refractivity contribution in [3.63, 3.8) is 0 Å². The first-order valence-corrected chi connectivity index (χ1v) is 9.39. The van der Waals surface area contributed by atoms with Gasteiger partial charge in [0, 0.05) is 6.07 Å². The van der Waals surface area contributed by atoms with E-state index in [0.717, 1.165) is 17.0 Å². The van der Waals surface area contributed by atoms with Crippen LogP contribution < -0.4 is 0 Å². The Morgan fingerprint density at radius 3 is 2.48 bits per heavy atom. The van der Waals surface area contributed by atoms with E-state index in [1.165, 1.54) is 12.3 Å². The molecule has 0 N–H and O–H groups in total. The Morgan fingerprint density at radius 2 is 1.83 bits per heavy atom. The second-order valence-corrected chi connectivity index (χ2v) is 7.71. The van der Waals surface area contributed by atoms with Crippen molar-refractivity contribution in [1.82, 2.24) is 5.01 Å². The summed E-state index contributed by atoms with van der Waals surface area (Å²) in [6.07, 6.45) is 6.21. The van der Waals surface area contributed by atoms with Crippen LogP contribution in [-0.4, -0.2) is 28.0 Å². The minimum absolute atomic E-state index is 0.0523. The number of imide groups is 1. The first kappa shape index (κ1) is 17.5. The Balaban J connectivity index is 1.39. The van der Waals surface area contributed by atoms with E-state index in [1.807, 2.05) is 12.2 Å². The largest absolute Gasteiger partial charge is 0.455 e. The number of rotatable bonds is 4. The fourth-order valence-corrected chi connectivity index (χ4v) is 4.68. The molecule has 1 aromatic heterocycles. The molecule has 4 atom stereocenters. The Labute approximate surface area is 165 Å². The second-order valence-electron chi connectivity index (χ2n) is 7.71. The summed E-state index contributed by atoms with van der Waals surface area (Å²) >= 11 is 0.